The zero-order valence-corrected chi connectivity index (χ0v) is 12.3. The van der Waals surface area contributed by atoms with Crippen LogP contribution in [0.15, 0.2) is 14.8 Å². The smallest absolute Gasteiger partial charge is 0.269 e. The van der Waals surface area contributed by atoms with Crippen molar-refractivity contribution in [2.24, 2.45) is 5.73 Å². The predicted molar refractivity (Wildman–Crippen MR) is 71.5 cm³/mol. The zero-order valence-electron chi connectivity index (χ0n) is 10.7. The second kappa shape index (κ2) is 4.91. The average Bonchev–Trinajstić information content (AvgIpc) is 2.85. The van der Waals surface area contributed by atoms with Crippen LogP contribution in [0.1, 0.15) is 30.1 Å². The molecule has 0 fully saturated rings. The summed E-state index contributed by atoms with van der Waals surface area (Å²) in [6.45, 7) is 4.89. The highest BCUT2D eigenvalue weighted by molar-refractivity contribution is 7.93. The number of hydrogen-bond acceptors (Lipinski definition) is 7. The van der Waals surface area contributed by atoms with E-state index < -0.39 is 10.0 Å². The van der Waals surface area contributed by atoms with Gasteiger partial charge in [0.05, 0.1) is 5.69 Å². The van der Waals surface area contributed by atoms with Crippen LogP contribution in [0.3, 0.4) is 0 Å². The minimum atomic E-state index is -3.74. The van der Waals surface area contributed by atoms with E-state index in [-0.39, 0.29) is 21.8 Å². The third-order valence-electron chi connectivity index (χ3n) is 2.45. The van der Waals surface area contributed by atoms with Crippen LogP contribution in [-0.4, -0.2) is 18.6 Å². The van der Waals surface area contributed by atoms with E-state index in [0.29, 0.717) is 11.4 Å². The Balaban J connectivity index is 2.31. The molecule has 0 bridgehead atoms. The van der Waals surface area contributed by atoms with Crippen LogP contribution in [0.5, 0.6) is 0 Å². The number of nitrogens with one attached hydrogen (secondary N) is 1. The molecule has 0 spiro atoms. The second-order valence-corrected chi connectivity index (χ2v) is 6.60. The first-order valence-electron chi connectivity index (χ1n) is 5.48. The van der Waals surface area contributed by atoms with Crippen molar-refractivity contribution in [3.8, 4) is 0 Å². The Bertz CT molecular complexity index is 668. The molecule has 0 aliphatic rings. The molecule has 9 heteroatoms. The maximum absolute atomic E-state index is 12.2. The summed E-state index contributed by atoms with van der Waals surface area (Å²) >= 11 is 1.18. The summed E-state index contributed by atoms with van der Waals surface area (Å²) in [7, 11) is -3.74. The van der Waals surface area contributed by atoms with Gasteiger partial charge in [0.15, 0.2) is 15.8 Å². The minimum absolute atomic E-state index is 0.0463. The molecule has 2 heterocycles. The molecule has 0 radical (unpaired) electrons. The van der Waals surface area contributed by atoms with Gasteiger partial charge in [-0.1, -0.05) is 5.16 Å². The van der Waals surface area contributed by atoms with Gasteiger partial charge in [-0.15, -0.1) is 11.3 Å². The molecule has 0 aliphatic carbocycles. The first kappa shape index (κ1) is 14.0. The molecule has 3 N–H and O–H groups in total. The number of nitrogens with two attached hydrogens (primary N) is 1. The lowest BCUT2D eigenvalue weighted by atomic mass is 10.3. The van der Waals surface area contributed by atoms with Crippen LogP contribution in [-0.2, 0) is 10.0 Å². The normalized spacial score (nSPS) is 13.5. The summed E-state index contributed by atoms with van der Waals surface area (Å²) in [5.74, 6) is 0.244. The van der Waals surface area contributed by atoms with Crippen molar-refractivity contribution in [2.75, 3.05) is 4.72 Å². The van der Waals surface area contributed by atoms with Crippen molar-refractivity contribution >= 4 is 26.5 Å². The van der Waals surface area contributed by atoms with Gasteiger partial charge in [-0.25, -0.2) is 13.4 Å². The molecular weight excluding hydrogens is 288 g/mol. The summed E-state index contributed by atoms with van der Waals surface area (Å²) in [6.07, 6.45) is 0. The molecule has 19 heavy (non-hydrogen) atoms. The monoisotopic (exact) mass is 302 g/mol. The molecule has 0 amide bonds. The Labute approximate surface area is 114 Å². The number of nitrogens with zero attached hydrogens (tertiary/aromatic N) is 2. The molecule has 1 atom stereocenters. The highest BCUT2D eigenvalue weighted by atomic mass is 32.2. The van der Waals surface area contributed by atoms with Gasteiger partial charge in [0.2, 0.25) is 0 Å². The average molecular weight is 302 g/mol. The van der Waals surface area contributed by atoms with Gasteiger partial charge in [0, 0.05) is 11.4 Å². The second-order valence-electron chi connectivity index (χ2n) is 4.12. The molecule has 104 valence electrons. The van der Waals surface area contributed by atoms with Crippen LogP contribution in [0.25, 0.3) is 0 Å². The van der Waals surface area contributed by atoms with Crippen molar-refractivity contribution < 1.29 is 12.9 Å². The van der Waals surface area contributed by atoms with Crippen LogP contribution in [0.4, 0.5) is 5.13 Å². The van der Waals surface area contributed by atoms with E-state index in [4.69, 9.17) is 10.3 Å². The molecule has 7 nitrogen and oxygen atoms in total. The van der Waals surface area contributed by atoms with Gasteiger partial charge >= 0.3 is 0 Å². The van der Waals surface area contributed by atoms with Gasteiger partial charge in [-0.3, -0.25) is 4.72 Å². The Morgan fingerprint density at radius 3 is 2.63 bits per heavy atom. The topological polar surface area (TPSA) is 111 Å². The standard InChI is InChI=1S/C10H14N4O3S2/c1-5(11)8-4-18-10(12-8)14-19(15,16)9-6(2)13-17-7(9)3/h4-5H,11H2,1-3H3,(H,12,14). The van der Waals surface area contributed by atoms with E-state index in [9.17, 15) is 8.42 Å². The lowest BCUT2D eigenvalue weighted by Gasteiger charge is -2.04. The number of aryl methyl sites for hydroxylation is 2. The van der Waals surface area contributed by atoms with Gasteiger partial charge in [0.1, 0.15) is 5.69 Å². The Hall–Kier alpha value is -1.45. The van der Waals surface area contributed by atoms with Crippen molar-refractivity contribution in [3.05, 3.63) is 22.5 Å². The highest BCUT2D eigenvalue weighted by Crippen LogP contribution is 2.25. The fourth-order valence-corrected chi connectivity index (χ4v) is 3.97. The molecule has 0 saturated heterocycles. The van der Waals surface area contributed by atoms with Crippen molar-refractivity contribution in [1.29, 1.82) is 0 Å². The summed E-state index contributed by atoms with van der Waals surface area (Å²) in [5.41, 5.74) is 6.63. The first-order chi connectivity index (χ1) is 8.81. The van der Waals surface area contributed by atoms with Crippen molar-refractivity contribution in [1.82, 2.24) is 10.1 Å². The predicted octanol–water partition coefficient (Wildman–Crippen LogP) is 1.57. The largest absolute Gasteiger partial charge is 0.360 e. The number of rotatable bonds is 4. The summed E-state index contributed by atoms with van der Waals surface area (Å²) < 4.78 is 31.7. The van der Waals surface area contributed by atoms with Gasteiger partial charge in [0.25, 0.3) is 10.0 Å². The summed E-state index contributed by atoms with van der Waals surface area (Å²) in [4.78, 5) is 4.16. The van der Waals surface area contributed by atoms with E-state index in [2.05, 4.69) is 14.9 Å². The Morgan fingerprint density at radius 2 is 2.16 bits per heavy atom. The third-order valence-corrected chi connectivity index (χ3v) is 4.93. The van der Waals surface area contributed by atoms with Crippen LogP contribution in [0.2, 0.25) is 0 Å². The quantitative estimate of drug-likeness (QED) is 0.886. The molecule has 0 saturated carbocycles. The molecule has 2 rings (SSSR count). The molecule has 0 aliphatic heterocycles. The Morgan fingerprint density at radius 1 is 1.47 bits per heavy atom. The lowest BCUT2D eigenvalue weighted by Crippen LogP contribution is -2.14. The van der Waals surface area contributed by atoms with Gasteiger partial charge in [-0.2, -0.15) is 0 Å². The molecular formula is C10H14N4O3S2. The van der Waals surface area contributed by atoms with Crippen molar-refractivity contribution in [3.63, 3.8) is 0 Å². The minimum Gasteiger partial charge on any atom is -0.360 e. The number of sulfonamides is 1. The maximum Gasteiger partial charge on any atom is 0.269 e. The zero-order chi connectivity index (χ0) is 14.2. The fraction of sp³-hybridized carbons (Fsp3) is 0.400. The van der Waals surface area contributed by atoms with Crippen LogP contribution in [0, 0.1) is 13.8 Å². The molecule has 2 aromatic heterocycles. The molecule has 0 aromatic carbocycles. The SMILES string of the molecule is Cc1noc(C)c1S(=O)(=O)Nc1nc(C(C)N)cs1. The fourth-order valence-electron chi connectivity index (χ4n) is 1.57. The lowest BCUT2D eigenvalue weighted by molar-refractivity contribution is 0.390. The summed E-state index contributed by atoms with van der Waals surface area (Å²) in [5, 5.41) is 5.62. The molecule has 1 unspecified atom stereocenters. The maximum atomic E-state index is 12.2. The van der Waals surface area contributed by atoms with Gasteiger partial charge in [-0.05, 0) is 20.8 Å². The van der Waals surface area contributed by atoms with Crippen LogP contribution < -0.4 is 10.5 Å². The van der Waals surface area contributed by atoms with E-state index in [1.807, 2.05) is 0 Å². The van der Waals surface area contributed by atoms with E-state index in [0.717, 1.165) is 0 Å². The van der Waals surface area contributed by atoms with Gasteiger partial charge < -0.3 is 10.3 Å². The van der Waals surface area contributed by atoms with E-state index in [1.54, 1.807) is 26.2 Å². The number of aromatic nitrogens is 2. The van der Waals surface area contributed by atoms with Crippen molar-refractivity contribution in [2.45, 2.75) is 31.7 Å². The molecule has 2 aromatic rings. The summed E-state index contributed by atoms with van der Waals surface area (Å²) in [6, 6.07) is -0.242. The Kier molecular flexibility index (Phi) is 3.61. The number of thiazole rings is 1. The number of hydrogen-bond donors (Lipinski definition) is 2. The number of anilines is 1. The third kappa shape index (κ3) is 2.77. The first-order valence-corrected chi connectivity index (χ1v) is 7.84. The van der Waals surface area contributed by atoms with E-state index in [1.165, 1.54) is 11.3 Å². The van der Waals surface area contributed by atoms with Crippen LogP contribution >= 0.6 is 11.3 Å². The highest BCUT2D eigenvalue weighted by Gasteiger charge is 2.25. The van der Waals surface area contributed by atoms with E-state index >= 15 is 0 Å².